The number of imidazole rings is 1. The Labute approximate surface area is 102 Å². The Bertz CT molecular complexity index is 433. The number of hydrogen-bond acceptors (Lipinski definition) is 3. The van der Waals surface area contributed by atoms with Gasteiger partial charge in [-0.3, -0.25) is 0 Å². The highest BCUT2D eigenvalue weighted by molar-refractivity contribution is 7.89. The third kappa shape index (κ3) is 2.69. The van der Waals surface area contributed by atoms with Crippen LogP contribution in [0.2, 0.25) is 0 Å². The first kappa shape index (κ1) is 12.6. The first-order valence-electron chi connectivity index (χ1n) is 6.09. The van der Waals surface area contributed by atoms with Crippen LogP contribution in [0, 0.1) is 0 Å². The van der Waals surface area contributed by atoms with E-state index in [0.717, 1.165) is 25.7 Å². The molecule has 5 nitrogen and oxygen atoms in total. The summed E-state index contributed by atoms with van der Waals surface area (Å²) in [6.45, 7) is 0. The average molecular weight is 257 g/mol. The lowest BCUT2D eigenvalue weighted by Crippen LogP contribution is -2.36. The molecule has 0 atom stereocenters. The van der Waals surface area contributed by atoms with Crippen molar-refractivity contribution >= 4 is 10.0 Å². The molecule has 96 valence electrons. The van der Waals surface area contributed by atoms with Gasteiger partial charge >= 0.3 is 0 Å². The molecule has 1 aliphatic carbocycles. The number of sulfonamides is 1. The molecule has 0 amide bonds. The molecule has 2 rings (SSSR count). The van der Waals surface area contributed by atoms with Crippen LogP contribution in [0.25, 0.3) is 0 Å². The number of aromatic nitrogens is 2. The van der Waals surface area contributed by atoms with Crippen LogP contribution in [0.3, 0.4) is 0 Å². The summed E-state index contributed by atoms with van der Waals surface area (Å²) in [6.07, 6.45) is 9.36. The molecule has 1 aliphatic rings. The molecule has 1 fully saturated rings. The zero-order valence-corrected chi connectivity index (χ0v) is 10.9. The molecule has 0 spiro atoms. The summed E-state index contributed by atoms with van der Waals surface area (Å²) in [4.78, 5) is 6.45. The average Bonchev–Trinajstić information content (AvgIpc) is 2.72. The number of H-pyrrole nitrogens is 1. The fourth-order valence-electron chi connectivity index (χ4n) is 2.36. The Morgan fingerprint density at radius 3 is 2.47 bits per heavy atom. The van der Waals surface area contributed by atoms with Crippen molar-refractivity contribution in [1.82, 2.24) is 14.3 Å². The van der Waals surface area contributed by atoms with E-state index >= 15 is 0 Å². The van der Waals surface area contributed by atoms with Crippen molar-refractivity contribution in [2.75, 3.05) is 7.05 Å². The van der Waals surface area contributed by atoms with Gasteiger partial charge in [0.1, 0.15) is 0 Å². The summed E-state index contributed by atoms with van der Waals surface area (Å²) >= 11 is 0. The molecule has 17 heavy (non-hydrogen) atoms. The van der Waals surface area contributed by atoms with Crippen LogP contribution in [-0.2, 0) is 10.0 Å². The second-order valence-corrected chi connectivity index (χ2v) is 6.55. The molecular weight excluding hydrogens is 238 g/mol. The van der Waals surface area contributed by atoms with Crippen molar-refractivity contribution in [3.63, 3.8) is 0 Å². The smallest absolute Gasteiger partial charge is 0.260 e. The molecule has 0 aromatic carbocycles. The summed E-state index contributed by atoms with van der Waals surface area (Å²) in [5.41, 5.74) is 0. The van der Waals surface area contributed by atoms with E-state index in [1.807, 2.05) is 0 Å². The molecule has 0 saturated heterocycles. The zero-order chi connectivity index (χ0) is 12.3. The maximum atomic E-state index is 12.3. The van der Waals surface area contributed by atoms with Crippen LogP contribution in [-0.4, -0.2) is 35.8 Å². The SMILES string of the molecule is CN(C1CCCCCC1)S(=O)(=O)c1cnc[nH]1. The minimum Gasteiger partial charge on any atom is -0.335 e. The maximum Gasteiger partial charge on any atom is 0.260 e. The molecule has 1 aromatic heterocycles. The normalized spacial score (nSPS) is 19.4. The van der Waals surface area contributed by atoms with Crippen LogP contribution < -0.4 is 0 Å². The molecule has 1 saturated carbocycles. The lowest BCUT2D eigenvalue weighted by atomic mass is 10.1. The van der Waals surface area contributed by atoms with Crippen molar-refractivity contribution in [2.45, 2.75) is 49.6 Å². The van der Waals surface area contributed by atoms with Crippen molar-refractivity contribution in [3.05, 3.63) is 12.5 Å². The van der Waals surface area contributed by atoms with E-state index in [0.29, 0.717) is 0 Å². The molecule has 1 aromatic rings. The minimum atomic E-state index is -3.40. The molecular formula is C11H19N3O2S. The van der Waals surface area contributed by atoms with Crippen molar-refractivity contribution in [1.29, 1.82) is 0 Å². The van der Waals surface area contributed by atoms with E-state index < -0.39 is 10.0 Å². The lowest BCUT2D eigenvalue weighted by molar-refractivity contribution is 0.335. The third-order valence-corrected chi connectivity index (χ3v) is 5.30. The van der Waals surface area contributed by atoms with Gasteiger partial charge in [-0.05, 0) is 12.8 Å². The van der Waals surface area contributed by atoms with E-state index in [9.17, 15) is 8.42 Å². The summed E-state index contributed by atoms with van der Waals surface area (Å²) in [6, 6.07) is 0.130. The van der Waals surface area contributed by atoms with Crippen molar-refractivity contribution < 1.29 is 8.42 Å². The Hall–Kier alpha value is -0.880. The topological polar surface area (TPSA) is 66.1 Å². The second-order valence-electron chi connectivity index (χ2n) is 4.58. The molecule has 6 heteroatoms. The Kier molecular flexibility index (Phi) is 3.83. The molecule has 1 N–H and O–H groups in total. The predicted molar refractivity (Wildman–Crippen MR) is 65.0 cm³/mol. The fourth-order valence-corrected chi connectivity index (χ4v) is 3.67. The molecule has 1 heterocycles. The van der Waals surface area contributed by atoms with E-state index in [1.165, 1.54) is 29.7 Å². The van der Waals surface area contributed by atoms with Crippen LogP contribution in [0.4, 0.5) is 0 Å². The fraction of sp³-hybridized carbons (Fsp3) is 0.727. The number of aromatic amines is 1. The van der Waals surface area contributed by atoms with Crippen LogP contribution in [0.5, 0.6) is 0 Å². The van der Waals surface area contributed by atoms with Gasteiger partial charge in [0.2, 0.25) is 0 Å². The molecule has 0 unspecified atom stereocenters. The van der Waals surface area contributed by atoms with Gasteiger partial charge in [0.05, 0.1) is 12.5 Å². The molecule has 0 bridgehead atoms. The van der Waals surface area contributed by atoms with Crippen LogP contribution in [0.1, 0.15) is 38.5 Å². The van der Waals surface area contributed by atoms with Gasteiger partial charge in [-0.15, -0.1) is 0 Å². The van der Waals surface area contributed by atoms with Gasteiger partial charge in [-0.2, -0.15) is 4.31 Å². The zero-order valence-electron chi connectivity index (χ0n) is 10.1. The monoisotopic (exact) mass is 257 g/mol. The maximum absolute atomic E-state index is 12.3. The van der Waals surface area contributed by atoms with Crippen LogP contribution >= 0.6 is 0 Å². The van der Waals surface area contributed by atoms with Crippen molar-refractivity contribution in [2.24, 2.45) is 0 Å². The predicted octanol–water partition coefficient (Wildman–Crippen LogP) is 1.75. The quantitative estimate of drug-likeness (QED) is 0.839. The van der Waals surface area contributed by atoms with E-state index in [1.54, 1.807) is 7.05 Å². The summed E-state index contributed by atoms with van der Waals surface area (Å²) in [5.74, 6) is 0. The first-order chi connectivity index (χ1) is 8.12. The van der Waals surface area contributed by atoms with Crippen molar-refractivity contribution in [3.8, 4) is 0 Å². The highest BCUT2D eigenvalue weighted by Crippen LogP contribution is 2.24. The standard InChI is InChI=1S/C11H19N3O2S/c1-14(10-6-4-2-3-5-7-10)17(15,16)11-8-12-9-13-11/h8-10H,2-7H2,1H3,(H,12,13). The second kappa shape index (κ2) is 5.18. The first-order valence-corrected chi connectivity index (χ1v) is 7.53. The summed E-state index contributed by atoms with van der Waals surface area (Å²) < 4.78 is 26.0. The molecule has 0 aliphatic heterocycles. The Morgan fingerprint density at radius 2 is 1.94 bits per heavy atom. The summed E-state index contributed by atoms with van der Waals surface area (Å²) in [5, 5.41) is 0.184. The number of hydrogen-bond donors (Lipinski definition) is 1. The lowest BCUT2D eigenvalue weighted by Gasteiger charge is -2.25. The highest BCUT2D eigenvalue weighted by Gasteiger charge is 2.29. The highest BCUT2D eigenvalue weighted by atomic mass is 32.2. The largest absolute Gasteiger partial charge is 0.335 e. The number of rotatable bonds is 3. The third-order valence-electron chi connectivity index (χ3n) is 3.47. The van der Waals surface area contributed by atoms with Gasteiger partial charge in [0, 0.05) is 13.1 Å². The van der Waals surface area contributed by atoms with E-state index in [2.05, 4.69) is 9.97 Å². The van der Waals surface area contributed by atoms with Gasteiger partial charge < -0.3 is 4.98 Å². The minimum absolute atomic E-state index is 0.130. The van der Waals surface area contributed by atoms with E-state index in [4.69, 9.17) is 0 Å². The number of nitrogens with zero attached hydrogens (tertiary/aromatic N) is 2. The summed E-state index contributed by atoms with van der Waals surface area (Å²) in [7, 11) is -1.72. The Morgan fingerprint density at radius 1 is 1.29 bits per heavy atom. The van der Waals surface area contributed by atoms with E-state index in [-0.39, 0.29) is 11.1 Å². The van der Waals surface area contributed by atoms with Gasteiger partial charge in [-0.25, -0.2) is 13.4 Å². The molecule has 0 radical (unpaired) electrons. The number of nitrogens with one attached hydrogen (secondary N) is 1. The van der Waals surface area contributed by atoms with Crippen LogP contribution in [0.15, 0.2) is 17.6 Å². The van der Waals surface area contributed by atoms with Gasteiger partial charge in [-0.1, -0.05) is 25.7 Å². The Balaban J connectivity index is 2.15. The van der Waals surface area contributed by atoms with Gasteiger partial charge in [0.15, 0.2) is 5.03 Å². The van der Waals surface area contributed by atoms with Gasteiger partial charge in [0.25, 0.3) is 10.0 Å².